The predicted molar refractivity (Wildman–Crippen MR) is 171 cm³/mol. The average molecular weight is 649 g/mol. The number of halogens is 3. The number of imidazole rings is 1. The molecule has 2 fully saturated rings. The van der Waals surface area contributed by atoms with Crippen molar-refractivity contribution in [3.63, 3.8) is 0 Å². The largest absolute Gasteiger partial charge is 0.483 e. The van der Waals surface area contributed by atoms with Gasteiger partial charge in [0.2, 0.25) is 0 Å². The number of nitrogens with zero attached hydrogens (tertiary/aromatic N) is 5. The van der Waals surface area contributed by atoms with Crippen molar-refractivity contribution in [2.45, 2.75) is 84.5 Å². The first-order valence-electron chi connectivity index (χ1n) is 15.1. The number of aromatic amines is 1. The van der Waals surface area contributed by atoms with Gasteiger partial charge in [0.1, 0.15) is 17.2 Å². The summed E-state index contributed by atoms with van der Waals surface area (Å²) < 4.78 is 30.7. The van der Waals surface area contributed by atoms with Gasteiger partial charge in [-0.2, -0.15) is 5.10 Å². The number of rotatable bonds is 9. The SMILES string of the molecule is CC=CN1CC(NC(=O)c2c(C(F)F)nc(CNc3n[nH]c4cc(Cl)c(C(C)(C)C)cc34)n2C2CCN(C(C)C)C2)C1.O=CO. The van der Waals surface area contributed by atoms with Gasteiger partial charge >= 0.3 is 0 Å². The second-order valence-electron chi connectivity index (χ2n) is 12.7. The van der Waals surface area contributed by atoms with Crippen molar-refractivity contribution in [2.75, 3.05) is 31.5 Å². The molecule has 3 aromatic rings. The van der Waals surface area contributed by atoms with E-state index in [1.54, 1.807) is 4.57 Å². The van der Waals surface area contributed by atoms with E-state index >= 15 is 0 Å². The molecule has 2 aliphatic rings. The van der Waals surface area contributed by atoms with Crippen LogP contribution in [0.5, 0.6) is 0 Å². The molecule has 11 nitrogen and oxygen atoms in total. The number of anilines is 1. The number of hydrogen-bond acceptors (Lipinski definition) is 7. The molecule has 246 valence electrons. The van der Waals surface area contributed by atoms with Gasteiger partial charge in [-0.05, 0) is 56.5 Å². The van der Waals surface area contributed by atoms with Crippen LogP contribution in [0.25, 0.3) is 10.9 Å². The van der Waals surface area contributed by atoms with Crippen LogP contribution in [0.2, 0.25) is 5.02 Å². The molecule has 1 atom stereocenters. The second-order valence-corrected chi connectivity index (χ2v) is 13.1. The Kier molecular flexibility index (Phi) is 10.7. The van der Waals surface area contributed by atoms with E-state index in [0.29, 0.717) is 42.3 Å². The lowest BCUT2D eigenvalue weighted by molar-refractivity contribution is -0.122. The van der Waals surface area contributed by atoms with Crippen LogP contribution >= 0.6 is 11.6 Å². The van der Waals surface area contributed by atoms with E-state index in [4.69, 9.17) is 21.5 Å². The Bertz CT molecular complexity index is 1530. The number of carbonyl (C=O) groups is 2. The fourth-order valence-electron chi connectivity index (χ4n) is 5.94. The molecule has 14 heteroatoms. The number of fused-ring (bicyclic) bond motifs is 1. The number of aromatic nitrogens is 4. The number of carbonyl (C=O) groups excluding carboxylic acids is 1. The third kappa shape index (κ3) is 7.58. The molecule has 1 unspecified atom stereocenters. The number of hydrogen-bond donors (Lipinski definition) is 4. The lowest BCUT2D eigenvalue weighted by Gasteiger charge is -2.39. The first-order valence-corrected chi connectivity index (χ1v) is 15.5. The second kappa shape index (κ2) is 14.2. The normalized spacial score (nSPS) is 17.7. The number of allylic oxidation sites excluding steroid dienone is 1. The van der Waals surface area contributed by atoms with Gasteiger partial charge < -0.3 is 25.2 Å². The van der Waals surface area contributed by atoms with E-state index in [9.17, 15) is 13.6 Å². The lowest BCUT2D eigenvalue weighted by atomic mass is 9.86. The number of carboxylic acid groups (broad SMARTS) is 1. The minimum absolute atomic E-state index is 0.0458. The summed E-state index contributed by atoms with van der Waals surface area (Å²) >= 11 is 6.55. The highest BCUT2D eigenvalue weighted by atomic mass is 35.5. The fourth-order valence-corrected chi connectivity index (χ4v) is 6.39. The van der Waals surface area contributed by atoms with Crippen LogP contribution in [-0.2, 0) is 16.8 Å². The molecule has 0 bridgehead atoms. The number of likely N-dealkylation sites (tertiary alicyclic amines) is 2. The van der Waals surface area contributed by atoms with Gasteiger partial charge in [0.25, 0.3) is 18.8 Å². The van der Waals surface area contributed by atoms with Crippen molar-refractivity contribution in [2.24, 2.45) is 0 Å². The summed E-state index contributed by atoms with van der Waals surface area (Å²) in [5.41, 5.74) is 1.04. The van der Waals surface area contributed by atoms with Crippen molar-refractivity contribution in [1.82, 2.24) is 34.9 Å². The summed E-state index contributed by atoms with van der Waals surface area (Å²) in [5, 5.41) is 22.1. The highest BCUT2D eigenvalue weighted by molar-refractivity contribution is 6.32. The van der Waals surface area contributed by atoms with E-state index in [1.807, 2.05) is 31.3 Å². The smallest absolute Gasteiger partial charge is 0.290 e. The average Bonchev–Trinajstić information content (AvgIpc) is 3.66. The summed E-state index contributed by atoms with van der Waals surface area (Å²) in [7, 11) is 0. The van der Waals surface area contributed by atoms with Gasteiger partial charge in [0.15, 0.2) is 5.82 Å². The molecular weight excluding hydrogens is 606 g/mol. The molecule has 2 aliphatic heterocycles. The lowest BCUT2D eigenvalue weighted by Crippen LogP contribution is -2.57. The minimum Gasteiger partial charge on any atom is -0.483 e. The van der Waals surface area contributed by atoms with Gasteiger partial charge in [-0.3, -0.25) is 19.6 Å². The molecule has 0 radical (unpaired) electrons. The summed E-state index contributed by atoms with van der Waals surface area (Å²) in [6.07, 6.45) is 1.74. The van der Waals surface area contributed by atoms with Gasteiger partial charge in [0.05, 0.1) is 18.1 Å². The highest BCUT2D eigenvalue weighted by Crippen LogP contribution is 2.36. The van der Waals surface area contributed by atoms with E-state index in [1.165, 1.54) is 0 Å². The van der Waals surface area contributed by atoms with E-state index in [2.05, 4.69) is 70.2 Å². The number of H-pyrrole nitrogens is 1. The molecule has 4 heterocycles. The molecule has 5 rings (SSSR count). The summed E-state index contributed by atoms with van der Waals surface area (Å²) in [6.45, 7) is 15.1. The van der Waals surface area contributed by atoms with E-state index < -0.39 is 18.0 Å². The zero-order valence-electron chi connectivity index (χ0n) is 26.6. The summed E-state index contributed by atoms with van der Waals surface area (Å²) in [5.74, 6) is 0.448. The molecule has 4 N–H and O–H groups in total. The molecule has 0 aliphatic carbocycles. The van der Waals surface area contributed by atoms with E-state index in [0.717, 1.165) is 29.4 Å². The van der Waals surface area contributed by atoms with Crippen molar-refractivity contribution in [1.29, 1.82) is 0 Å². The standard InChI is InChI=1S/C30H41ClF2N8O.CH2O2/c1-7-9-39-14-18(15-39)35-29(42)26-25(27(32)33)36-24(41(26)19-8-10-40(16-19)17(2)3)13-34-28-20-11-21(30(4,5)6)22(31)12-23(20)37-38-28;2-1-3/h7,9,11-12,17-19,27H,8,10,13-16H2,1-6H3,(H,35,42)(H2,34,37,38);1H,(H,2,3). The Hall–Kier alpha value is -3.71. The first kappa shape index (κ1) is 34.2. The Morgan fingerprint density at radius 2 is 1.93 bits per heavy atom. The number of nitrogens with one attached hydrogen (secondary N) is 3. The molecule has 2 saturated heterocycles. The predicted octanol–water partition coefficient (Wildman–Crippen LogP) is 5.56. The summed E-state index contributed by atoms with van der Waals surface area (Å²) in [4.78, 5) is 30.7. The van der Waals surface area contributed by atoms with Crippen molar-refractivity contribution < 1.29 is 23.5 Å². The number of benzene rings is 1. The monoisotopic (exact) mass is 648 g/mol. The Balaban J connectivity index is 0.00000148. The minimum atomic E-state index is -2.89. The Morgan fingerprint density at radius 1 is 1.24 bits per heavy atom. The van der Waals surface area contributed by atoms with Crippen LogP contribution in [0, 0.1) is 0 Å². The maximum atomic E-state index is 14.5. The Labute approximate surface area is 267 Å². The third-order valence-corrected chi connectivity index (χ3v) is 8.51. The Morgan fingerprint density at radius 3 is 2.51 bits per heavy atom. The van der Waals surface area contributed by atoms with Crippen LogP contribution in [0.4, 0.5) is 14.6 Å². The first-order chi connectivity index (χ1) is 21.3. The van der Waals surface area contributed by atoms with Gasteiger partial charge in [-0.25, -0.2) is 13.8 Å². The van der Waals surface area contributed by atoms with Gasteiger partial charge in [-0.1, -0.05) is 38.4 Å². The van der Waals surface area contributed by atoms with Crippen molar-refractivity contribution >= 4 is 40.7 Å². The highest BCUT2D eigenvalue weighted by Gasteiger charge is 2.36. The topological polar surface area (TPSA) is 131 Å². The zero-order valence-corrected chi connectivity index (χ0v) is 27.3. The number of amides is 1. The summed E-state index contributed by atoms with van der Waals surface area (Å²) in [6, 6.07) is 3.89. The van der Waals surface area contributed by atoms with Crippen LogP contribution in [0.1, 0.15) is 88.0 Å². The van der Waals surface area contributed by atoms with Gasteiger partial charge in [0, 0.05) is 48.7 Å². The third-order valence-electron chi connectivity index (χ3n) is 8.20. The molecule has 2 aromatic heterocycles. The van der Waals surface area contributed by atoms with Gasteiger partial charge in [-0.15, -0.1) is 0 Å². The van der Waals surface area contributed by atoms with Crippen LogP contribution in [-0.4, -0.2) is 85.3 Å². The molecular formula is C31H43ClF2N8O3. The maximum absolute atomic E-state index is 14.5. The molecule has 0 spiro atoms. The van der Waals surface area contributed by atoms with Crippen molar-refractivity contribution in [3.8, 4) is 0 Å². The quantitative estimate of drug-likeness (QED) is 0.222. The number of alkyl halides is 2. The van der Waals surface area contributed by atoms with Crippen molar-refractivity contribution in [3.05, 3.63) is 52.2 Å². The fraction of sp³-hybridized carbons (Fsp3) is 0.548. The molecule has 0 saturated carbocycles. The molecule has 1 aromatic carbocycles. The molecule has 1 amide bonds. The maximum Gasteiger partial charge on any atom is 0.290 e. The molecule has 45 heavy (non-hydrogen) atoms. The van der Waals surface area contributed by atoms with E-state index in [-0.39, 0.29) is 36.2 Å². The zero-order chi connectivity index (χ0) is 33.1. The van der Waals surface area contributed by atoms with Crippen LogP contribution in [0.3, 0.4) is 0 Å². The van der Waals surface area contributed by atoms with Crippen LogP contribution in [0.15, 0.2) is 24.4 Å². The van der Waals surface area contributed by atoms with Crippen LogP contribution < -0.4 is 10.6 Å².